The Balaban J connectivity index is 1.27. The fraction of sp³-hybridized carbons (Fsp3) is 0.0638. The van der Waals surface area contributed by atoms with Crippen LogP contribution >= 0.6 is 0 Å². The van der Waals surface area contributed by atoms with Crippen LogP contribution in [0.3, 0.4) is 0 Å². The highest BCUT2D eigenvalue weighted by atomic mass is 14.4. The third kappa shape index (κ3) is 3.76. The lowest BCUT2D eigenvalue weighted by Gasteiger charge is -2.24. The minimum atomic E-state index is -0.180. The van der Waals surface area contributed by atoms with Gasteiger partial charge in [-0.25, -0.2) is 0 Å². The van der Waals surface area contributed by atoms with Crippen molar-refractivity contribution in [2.75, 3.05) is 0 Å². The van der Waals surface area contributed by atoms with Crippen LogP contribution in [0.1, 0.15) is 25.0 Å². The summed E-state index contributed by atoms with van der Waals surface area (Å²) in [5.41, 5.74) is 10.5. The van der Waals surface area contributed by atoms with E-state index in [1.54, 1.807) is 0 Å². The van der Waals surface area contributed by atoms with Crippen molar-refractivity contribution in [3.8, 4) is 33.4 Å². The SMILES string of the molecule is CC1(C)c2cc(-c3c4ccccc4cc4c3ccc3ccccc34)ccc2-c2c(-c3ccc4ccccc4c3)cc3ccccc3c21. The maximum atomic E-state index is 2.50. The molecule has 0 amide bonds. The molecule has 9 aromatic carbocycles. The van der Waals surface area contributed by atoms with Gasteiger partial charge in [-0.1, -0.05) is 147 Å². The van der Waals surface area contributed by atoms with Crippen molar-refractivity contribution >= 4 is 53.9 Å². The molecule has 0 nitrogen and oxygen atoms in total. The Morgan fingerprint density at radius 3 is 1.77 bits per heavy atom. The van der Waals surface area contributed by atoms with Gasteiger partial charge in [-0.15, -0.1) is 0 Å². The van der Waals surface area contributed by atoms with E-state index < -0.39 is 0 Å². The fourth-order valence-corrected chi connectivity index (χ4v) is 8.56. The number of rotatable bonds is 2. The molecule has 0 heteroatoms. The summed E-state index contributed by atoms with van der Waals surface area (Å²) in [4.78, 5) is 0. The Hall–Kier alpha value is -5.72. The minimum Gasteiger partial charge on any atom is -0.0616 e. The van der Waals surface area contributed by atoms with Crippen LogP contribution in [0.4, 0.5) is 0 Å². The molecule has 0 atom stereocenters. The lowest BCUT2D eigenvalue weighted by molar-refractivity contribution is 0.666. The normalized spacial score (nSPS) is 13.5. The second-order valence-corrected chi connectivity index (χ2v) is 13.7. The molecular weight excluding hydrogens is 565 g/mol. The van der Waals surface area contributed by atoms with E-state index in [0.717, 1.165) is 0 Å². The first-order valence-corrected chi connectivity index (χ1v) is 16.6. The molecule has 0 aliphatic heterocycles. The molecular formula is C47H32. The van der Waals surface area contributed by atoms with Crippen molar-refractivity contribution in [2.24, 2.45) is 0 Å². The third-order valence-corrected chi connectivity index (χ3v) is 10.8. The lowest BCUT2D eigenvalue weighted by Crippen LogP contribution is -2.15. The Bertz CT molecular complexity index is 2760. The van der Waals surface area contributed by atoms with E-state index in [4.69, 9.17) is 0 Å². The van der Waals surface area contributed by atoms with Crippen LogP contribution < -0.4 is 0 Å². The summed E-state index contributed by atoms with van der Waals surface area (Å²) in [7, 11) is 0. The van der Waals surface area contributed by atoms with E-state index in [-0.39, 0.29) is 5.41 Å². The monoisotopic (exact) mass is 596 g/mol. The van der Waals surface area contributed by atoms with Gasteiger partial charge in [0.15, 0.2) is 0 Å². The zero-order chi connectivity index (χ0) is 31.3. The Kier molecular flexibility index (Phi) is 5.44. The highest BCUT2D eigenvalue weighted by molar-refractivity contribution is 6.20. The van der Waals surface area contributed by atoms with E-state index in [1.807, 2.05) is 0 Å². The Labute approximate surface area is 274 Å². The molecule has 0 aromatic heterocycles. The first-order valence-electron chi connectivity index (χ1n) is 16.6. The molecule has 47 heavy (non-hydrogen) atoms. The van der Waals surface area contributed by atoms with Crippen LogP contribution in [0.25, 0.3) is 87.2 Å². The highest BCUT2D eigenvalue weighted by Crippen LogP contribution is 2.56. The van der Waals surface area contributed by atoms with Gasteiger partial charge in [0.05, 0.1) is 0 Å². The first-order chi connectivity index (χ1) is 23.1. The van der Waals surface area contributed by atoms with Gasteiger partial charge in [-0.05, 0) is 123 Å². The number of hydrogen-bond acceptors (Lipinski definition) is 0. The molecule has 1 aliphatic carbocycles. The van der Waals surface area contributed by atoms with E-state index in [1.165, 1.54) is 98.4 Å². The van der Waals surface area contributed by atoms with Crippen LogP contribution in [-0.2, 0) is 5.41 Å². The van der Waals surface area contributed by atoms with E-state index in [2.05, 4.69) is 172 Å². The molecule has 0 unspecified atom stereocenters. The van der Waals surface area contributed by atoms with Gasteiger partial charge in [-0.2, -0.15) is 0 Å². The van der Waals surface area contributed by atoms with Gasteiger partial charge < -0.3 is 0 Å². The largest absolute Gasteiger partial charge is 0.0616 e. The average molecular weight is 597 g/mol. The van der Waals surface area contributed by atoms with Gasteiger partial charge in [0.1, 0.15) is 0 Å². The molecule has 0 fully saturated rings. The molecule has 0 saturated carbocycles. The zero-order valence-corrected chi connectivity index (χ0v) is 26.5. The van der Waals surface area contributed by atoms with Crippen molar-refractivity contribution in [2.45, 2.75) is 19.3 Å². The first kappa shape index (κ1) is 26.5. The van der Waals surface area contributed by atoms with Gasteiger partial charge in [0, 0.05) is 5.41 Å². The van der Waals surface area contributed by atoms with Crippen molar-refractivity contribution < 1.29 is 0 Å². The summed E-state index contributed by atoms with van der Waals surface area (Å²) in [6.07, 6.45) is 0. The van der Waals surface area contributed by atoms with E-state index in [0.29, 0.717) is 0 Å². The summed E-state index contributed by atoms with van der Waals surface area (Å²) in [5, 5.41) is 13.0. The second-order valence-electron chi connectivity index (χ2n) is 13.7. The number of fused-ring (bicyclic) bond motifs is 10. The van der Waals surface area contributed by atoms with Crippen molar-refractivity contribution in [1.82, 2.24) is 0 Å². The van der Waals surface area contributed by atoms with Gasteiger partial charge >= 0.3 is 0 Å². The molecule has 0 heterocycles. The predicted molar refractivity (Wildman–Crippen MR) is 202 cm³/mol. The summed E-state index contributed by atoms with van der Waals surface area (Å²) in [6.45, 7) is 4.85. The standard InChI is InChI=1S/C47H32/c1-47(2)43-28-35(44-37-17-9-6-14-32(37)27-42-36-16-8-5-12-30(36)21-23-39(42)44)22-24-40(43)45-41(26-33-15-7-10-18-38(33)46(45)47)34-20-19-29-11-3-4-13-31(29)25-34/h3-28H,1-2H3. The lowest BCUT2D eigenvalue weighted by atomic mass is 9.78. The quantitative estimate of drug-likeness (QED) is 0.138. The predicted octanol–water partition coefficient (Wildman–Crippen LogP) is 13.1. The van der Waals surface area contributed by atoms with Gasteiger partial charge in [-0.3, -0.25) is 0 Å². The maximum Gasteiger partial charge on any atom is 0.0165 e. The molecule has 10 rings (SSSR count). The van der Waals surface area contributed by atoms with Crippen LogP contribution in [0.5, 0.6) is 0 Å². The molecule has 0 N–H and O–H groups in total. The summed E-state index contributed by atoms with van der Waals surface area (Å²) >= 11 is 0. The number of benzene rings is 9. The molecule has 0 saturated heterocycles. The van der Waals surface area contributed by atoms with E-state index in [9.17, 15) is 0 Å². The minimum absolute atomic E-state index is 0.180. The van der Waals surface area contributed by atoms with Gasteiger partial charge in [0.25, 0.3) is 0 Å². The Morgan fingerprint density at radius 1 is 0.340 bits per heavy atom. The van der Waals surface area contributed by atoms with Gasteiger partial charge in [0.2, 0.25) is 0 Å². The van der Waals surface area contributed by atoms with Crippen molar-refractivity contribution in [3.05, 3.63) is 169 Å². The second kappa shape index (κ2) is 9.64. The Morgan fingerprint density at radius 2 is 0.957 bits per heavy atom. The summed E-state index contributed by atoms with van der Waals surface area (Å²) in [6, 6.07) is 58.9. The van der Waals surface area contributed by atoms with Crippen LogP contribution in [0.2, 0.25) is 0 Å². The smallest absolute Gasteiger partial charge is 0.0165 e. The molecule has 1 aliphatic rings. The number of hydrogen-bond donors (Lipinski definition) is 0. The molecule has 0 radical (unpaired) electrons. The summed E-state index contributed by atoms with van der Waals surface area (Å²) < 4.78 is 0. The van der Waals surface area contributed by atoms with E-state index >= 15 is 0 Å². The maximum absolute atomic E-state index is 2.50. The molecule has 0 bridgehead atoms. The fourth-order valence-electron chi connectivity index (χ4n) is 8.56. The van der Waals surface area contributed by atoms with Crippen LogP contribution in [0.15, 0.2) is 158 Å². The molecule has 220 valence electrons. The van der Waals surface area contributed by atoms with Crippen LogP contribution in [0, 0.1) is 0 Å². The van der Waals surface area contributed by atoms with Crippen molar-refractivity contribution in [3.63, 3.8) is 0 Å². The third-order valence-electron chi connectivity index (χ3n) is 10.8. The topological polar surface area (TPSA) is 0 Å². The highest BCUT2D eigenvalue weighted by Gasteiger charge is 2.39. The molecule has 0 spiro atoms. The summed E-state index contributed by atoms with van der Waals surface area (Å²) in [5.74, 6) is 0. The average Bonchev–Trinajstić information content (AvgIpc) is 3.36. The molecule has 9 aromatic rings. The van der Waals surface area contributed by atoms with Crippen molar-refractivity contribution in [1.29, 1.82) is 0 Å². The van der Waals surface area contributed by atoms with Crippen LogP contribution in [-0.4, -0.2) is 0 Å². The zero-order valence-electron chi connectivity index (χ0n) is 26.5.